The maximum absolute atomic E-state index is 6.15. The second-order valence-electron chi connectivity index (χ2n) is 10.3. The normalized spacial score (nSPS) is 11.3. The fraction of sp³-hybridized carbons (Fsp3) is 0. The van der Waals surface area contributed by atoms with E-state index in [1.165, 1.54) is 0 Å². The van der Waals surface area contributed by atoms with Crippen LogP contribution in [0.2, 0.25) is 0 Å². The molecule has 0 saturated heterocycles. The van der Waals surface area contributed by atoms with E-state index in [2.05, 4.69) is 119 Å². The Labute approximate surface area is 243 Å². The van der Waals surface area contributed by atoms with Crippen molar-refractivity contribution in [3.63, 3.8) is 0 Å². The number of fused-ring (bicyclic) bond motifs is 2. The van der Waals surface area contributed by atoms with Crippen LogP contribution in [-0.2, 0) is 0 Å². The van der Waals surface area contributed by atoms with Gasteiger partial charge in [-0.1, -0.05) is 97.1 Å². The molecule has 0 saturated carbocycles. The number of aromatic nitrogens is 3. The van der Waals surface area contributed by atoms with Gasteiger partial charge in [-0.2, -0.15) is 0 Å². The summed E-state index contributed by atoms with van der Waals surface area (Å²) in [6.07, 6.45) is 5.48. The summed E-state index contributed by atoms with van der Waals surface area (Å²) in [6, 6.07) is 46.4. The van der Waals surface area contributed by atoms with Crippen LogP contribution in [0, 0.1) is 0 Å². The van der Waals surface area contributed by atoms with Crippen LogP contribution in [-0.4, -0.2) is 14.5 Å². The van der Waals surface area contributed by atoms with E-state index in [1.807, 2.05) is 42.9 Å². The fourth-order valence-corrected chi connectivity index (χ4v) is 5.84. The lowest BCUT2D eigenvalue weighted by Crippen LogP contribution is -2.03. The Bertz CT molecular complexity index is 2120. The first kappa shape index (κ1) is 24.1. The number of imidazole rings is 1. The van der Waals surface area contributed by atoms with Gasteiger partial charge in [-0.15, -0.1) is 0 Å². The summed E-state index contributed by atoms with van der Waals surface area (Å²) >= 11 is 0. The fourth-order valence-electron chi connectivity index (χ4n) is 5.84. The number of rotatable bonds is 5. The molecule has 8 rings (SSSR count). The number of nitrogens with zero attached hydrogens (tertiary/aromatic N) is 3. The van der Waals surface area contributed by atoms with Crippen molar-refractivity contribution in [3.8, 4) is 50.5 Å². The number of hydrogen-bond donors (Lipinski definition) is 0. The van der Waals surface area contributed by atoms with Crippen LogP contribution in [0.3, 0.4) is 0 Å². The number of para-hydroxylation sites is 3. The summed E-state index contributed by atoms with van der Waals surface area (Å²) in [7, 11) is 0. The Morgan fingerprint density at radius 2 is 1.19 bits per heavy atom. The standard InChI is InChI=1S/C38H25N3O/c1-3-10-27(11-4-1)30-14-9-15-31(28-12-5-2-6-13-28)37(30)41-35-17-8-7-16-34(35)40-38(41)33-25-42-36-19-18-29(24-32(33)36)26-20-22-39-23-21-26/h1-25H. The van der Waals surface area contributed by atoms with Gasteiger partial charge in [0, 0.05) is 28.9 Å². The highest BCUT2D eigenvalue weighted by Gasteiger charge is 2.23. The zero-order valence-electron chi connectivity index (χ0n) is 22.7. The van der Waals surface area contributed by atoms with Crippen LogP contribution in [0.5, 0.6) is 0 Å². The summed E-state index contributed by atoms with van der Waals surface area (Å²) in [5, 5.41) is 1.01. The monoisotopic (exact) mass is 539 g/mol. The minimum Gasteiger partial charge on any atom is -0.464 e. The maximum atomic E-state index is 6.15. The van der Waals surface area contributed by atoms with E-state index in [-0.39, 0.29) is 0 Å². The Morgan fingerprint density at radius 3 is 1.90 bits per heavy atom. The first-order valence-corrected chi connectivity index (χ1v) is 14.0. The van der Waals surface area contributed by atoms with Gasteiger partial charge < -0.3 is 4.42 Å². The molecular formula is C38H25N3O. The molecule has 198 valence electrons. The van der Waals surface area contributed by atoms with Crippen molar-refractivity contribution in [2.24, 2.45) is 0 Å². The third-order valence-electron chi connectivity index (χ3n) is 7.82. The van der Waals surface area contributed by atoms with Crippen molar-refractivity contribution >= 4 is 22.0 Å². The number of hydrogen-bond acceptors (Lipinski definition) is 3. The molecular weight excluding hydrogens is 514 g/mol. The molecule has 5 aromatic carbocycles. The van der Waals surface area contributed by atoms with Gasteiger partial charge in [0.15, 0.2) is 0 Å². The van der Waals surface area contributed by atoms with Crippen LogP contribution >= 0.6 is 0 Å². The molecule has 42 heavy (non-hydrogen) atoms. The van der Waals surface area contributed by atoms with Crippen molar-refractivity contribution in [2.45, 2.75) is 0 Å². The SMILES string of the molecule is c1ccc(-c2cccc(-c3ccccc3)c2-n2c(-c3coc4ccc(-c5ccncc5)cc34)nc3ccccc32)cc1. The summed E-state index contributed by atoms with van der Waals surface area (Å²) in [6.45, 7) is 0. The van der Waals surface area contributed by atoms with Crippen molar-refractivity contribution in [1.29, 1.82) is 0 Å². The average molecular weight is 540 g/mol. The van der Waals surface area contributed by atoms with Gasteiger partial charge in [0.05, 0.1) is 22.3 Å². The largest absolute Gasteiger partial charge is 0.464 e. The first-order valence-electron chi connectivity index (χ1n) is 14.0. The quantitative estimate of drug-likeness (QED) is 0.219. The van der Waals surface area contributed by atoms with Crippen molar-refractivity contribution in [1.82, 2.24) is 14.5 Å². The highest BCUT2D eigenvalue weighted by atomic mass is 16.3. The van der Waals surface area contributed by atoms with Crippen molar-refractivity contribution in [3.05, 3.63) is 152 Å². The molecule has 0 amide bonds. The van der Waals surface area contributed by atoms with Crippen LogP contribution in [0.4, 0.5) is 0 Å². The molecule has 3 aromatic heterocycles. The Hall–Kier alpha value is -5.74. The molecule has 0 atom stereocenters. The van der Waals surface area contributed by atoms with Gasteiger partial charge in [-0.25, -0.2) is 4.98 Å². The van der Waals surface area contributed by atoms with E-state index in [0.29, 0.717) is 0 Å². The smallest absolute Gasteiger partial charge is 0.149 e. The highest BCUT2D eigenvalue weighted by Crippen LogP contribution is 2.42. The van der Waals surface area contributed by atoms with Crippen molar-refractivity contribution < 1.29 is 4.42 Å². The summed E-state index contributed by atoms with van der Waals surface area (Å²) < 4.78 is 8.45. The van der Waals surface area contributed by atoms with E-state index < -0.39 is 0 Å². The maximum Gasteiger partial charge on any atom is 0.149 e. The zero-order valence-corrected chi connectivity index (χ0v) is 22.7. The Kier molecular flexibility index (Phi) is 5.75. The van der Waals surface area contributed by atoms with E-state index in [1.54, 1.807) is 0 Å². The second kappa shape index (κ2) is 10.0. The predicted octanol–water partition coefficient (Wildman–Crippen LogP) is 9.83. The molecule has 0 bridgehead atoms. The van der Waals surface area contributed by atoms with Crippen molar-refractivity contribution in [2.75, 3.05) is 0 Å². The van der Waals surface area contributed by atoms with Gasteiger partial charge in [-0.05, 0) is 58.7 Å². The first-order chi connectivity index (χ1) is 20.8. The molecule has 8 aromatic rings. The average Bonchev–Trinajstić information content (AvgIpc) is 3.66. The van der Waals surface area contributed by atoms with Crippen LogP contribution < -0.4 is 0 Å². The van der Waals surface area contributed by atoms with Gasteiger partial charge in [0.1, 0.15) is 17.7 Å². The molecule has 0 N–H and O–H groups in total. The lowest BCUT2D eigenvalue weighted by Gasteiger charge is -2.19. The van der Waals surface area contributed by atoms with Gasteiger partial charge >= 0.3 is 0 Å². The van der Waals surface area contributed by atoms with E-state index in [0.717, 1.165) is 72.5 Å². The number of pyridine rings is 1. The highest BCUT2D eigenvalue weighted by molar-refractivity contribution is 5.99. The molecule has 0 aliphatic carbocycles. The van der Waals surface area contributed by atoms with E-state index >= 15 is 0 Å². The molecule has 0 aliphatic heterocycles. The Balaban J connectivity index is 1.46. The molecule has 4 nitrogen and oxygen atoms in total. The molecule has 0 unspecified atom stereocenters. The minimum atomic E-state index is 0.820. The molecule has 4 heteroatoms. The summed E-state index contributed by atoms with van der Waals surface area (Å²) in [5.41, 5.74) is 11.6. The lowest BCUT2D eigenvalue weighted by atomic mass is 9.95. The van der Waals surface area contributed by atoms with E-state index in [4.69, 9.17) is 9.40 Å². The van der Waals surface area contributed by atoms with Crippen LogP contribution in [0.25, 0.3) is 72.5 Å². The Morgan fingerprint density at radius 1 is 0.524 bits per heavy atom. The lowest BCUT2D eigenvalue weighted by molar-refractivity contribution is 0.616. The third-order valence-corrected chi connectivity index (χ3v) is 7.82. The van der Waals surface area contributed by atoms with Crippen LogP contribution in [0.1, 0.15) is 0 Å². The summed E-state index contributed by atoms with van der Waals surface area (Å²) in [5.74, 6) is 0.836. The summed E-state index contributed by atoms with van der Waals surface area (Å²) in [4.78, 5) is 9.44. The predicted molar refractivity (Wildman–Crippen MR) is 170 cm³/mol. The third kappa shape index (κ3) is 4.01. The topological polar surface area (TPSA) is 43.9 Å². The molecule has 0 fully saturated rings. The second-order valence-corrected chi connectivity index (χ2v) is 10.3. The number of benzene rings is 5. The molecule has 0 radical (unpaired) electrons. The molecule has 0 spiro atoms. The van der Waals surface area contributed by atoms with E-state index in [9.17, 15) is 0 Å². The number of furan rings is 1. The van der Waals surface area contributed by atoms with Gasteiger partial charge in [-0.3, -0.25) is 9.55 Å². The van der Waals surface area contributed by atoms with Crippen LogP contribution in [0.15, 0.2) is 157 Å². The zero-order chi connectivity index (χ0) is 27.9. The molecule has 3 heterocycles. The van der Waals surface area contributed by atoms with Gasteiger partial charge in [0.25, 0.3) is 0 Å². The minimum absolute atomic E-state index is 0.820. The molecule has 0 aliphatic rings. The van der Waals surface area contributed by atoms with Gasteiger partial charge in [0.2, 0.25) is 0 Å².